The van der Waals surface area contributed by atoms with Crippen molar-refractivity contribution in [3.63, 3.8) is 0 Å². The van der Waals surface area contributed by atoms with E-state index in [1.165, 1.54) is 47.3 Å². The number of nitrogens with one attached hydrogen (secondary N) is 1. The summed E-state index contributed by atoms with van der Waals surface area (Å²) >= 11 is 0. The number of halogens is 2. The van der Waals surface area contributed by atoms with Gasteiger partial charge in [-0.25, -0.2) is 13.8 Å². The van der Waals surface area contributed by atoms with Crippen LogP contribution < -0.4 is 10.9 Å². The Kier molecular flexibility index (Phi) is 4.14. The largest absolute Gasteiger partial charge is 0.361 e. The van der Waals surface area contributed by atoms with Gasteiger partial charge in [-0.2, -0.15) is 0 Å². The average molecular weight is 313 g/mol. The Morgan fingerprint density at radius 3 is 2.57 bits per heavy atom. The third-order valence-corrected chi connectivity index (χ3v) is 3.30. The third-order valence-electron chi connectivity index (χ3n) is 3.30. The molecule has 0 aliphatic heterocycles. The van der Waals surface area contributed by atoms with Crippen LogP contribution in [0.2, 0.25) is 0 Å². The van der Waals surface area contributed by atoms with Gasteiger partial charge in [-0.05, 0) is 35.9 Å². The minimum atomic E-state index is -0.424. The van der Waals surface area contributed by atoms with Gasteiger partial charge in [0.05, 0.1) is 5.69 Å². The van der Waals surface area contributed by atoms with Gasteiger partial charge in [-0.3, -0.25) is 9.36 Å². The first kappa shape index (κ1) is 14.9. The zero-order valence-electron chi connectivity index (χ0n) is 12.0. The molecule has 0 spiro atoms. The first-order valence-electron chi connectivity index (χ1n) is 6.95. The van der Waals surface area contributed by atoms with Crippen molar-refractivity contribution >= 4 is 5.82 Å². The van der Waals surface area contributed by atoms with Crippen LogP contribution >= 0.6 is 0 Å². The molecule has 23 heavy (non-hydrogen) atoms. The first-order chi connectivity index (χ1) is 11.1. The van der Waals surface area contributed by atoms with E-state index in [0.717, 1.165) is 5.56 Å². The summed E-state index contributed by atoms with van der Waals surface area (Å²) in [5, 5.41) is 2.91. The van der Waals surface area contributed by atoms with Crippen molar-refractivity contribution in [3.05, 3.63) is 88.5 Å². The van der Waals surface area contributed by atoms with E-state index in [4.69, 9.17) is 0 Å². The molecule has 1 heterocycles. The minimum absolute atomic E-state index is 0.140. The molecule has 0 radical (unpaired) electrons. The highest BCUT2D eigenvalue weighted by Crippen LogP contribution is 2.09. The number of hydrogen-bond acceptors (Lipinski definition) is 3. The summed E-state index contributed by atoms with van der Waals surface area (Å²) in [6.45, 7) is 0.329. The van der Waals surface area contributed by atoms with Gasteiger partial charge in [-0.15, -0.1) is 0 Å². The van der Waals surface area contributed by atoms with Crippen LogP contribution in [0, 0.1) is 11.6 Å². The molecule has 1 N–H and O–H groups in total. The summed E-state index contributed by atoms with van der Waals surface area (Å²) in [6.07, 6.45) is 2.93. The Morgan fingerprint density at radius 1 is 1.04 bits per heavy atom. The molecule has 2 aromatic carbocycles. The van der Waals surface area contributed by atoms with Gasteiger partial charge in [0.15, 0.2) is 5.82 Å². The molecule has 0 bridgehead atoms. The smallest absolute Gasteiger partial charge is 0.297 e. The second-order valence-corrected chi connectivity index (χ2v) is 4.91. The second kappa shape index (κ2) is 6.39. The van der Waals surface area contributed by atoms with Crippen LogP contribution in [0.3, 0.4) is 0 Å². The SMILES string of the molecule is O=c1c(NCc2ccc(F)cc2)nccn1-c1cccc(F)c1. The molecule has 0 saturated carbocycles. The molecular weight excluding hydrogens is 300 g/mol. The van der Waals surface area contributed by atoms with E-state index in [-0.39, 0.29) is 17.2 Å². The monoisotopic (exact) mass is 313 g/mol. The molecule has 0 saturated heterocycles. The Labute approximate surface area is 131 Å². The zero-order chi connectivity index (χ0) is 16.2. The van der Waals surface area contributed by atoms with Crippen molar-refractivity contribution in [2.75, 3.05) is 5.32 Å². The highest BCUT2D eigenvalue weighted by molar-refractivity contribution is 5.39. The number of nitrogens with zero attached hydrogens (tertiary/aromatic N) is 2. The molecule has 0 aliphatic rings. The zero-order valence-corrected chi connectivity index (χ0v) is 12.0. The van der Waals surface area contributed by atoms with E-state index in [2.05, 4.69) is 10.3 Å². The van der Waals surface area contributed by atoms with Crippen LogP contribution in [-0.4, -0.2) is 9.55 Å². The van der Waals surface area contributed by atoms with E-state index in [1.54, 1.807) is 18.2 Å². The summed E-state index contributed by atoms with van der Waals surface area (Å²) in [7, 11) is 0. The molecular formula is C17H13F2N3O. The van der Waals surface area contributed by atoms with E-state index < -0.39 is 5.82 Å². The molecule has 0 aliphatic carbocycles. The van der Waals surface area contributed by atoms with Crippen molar-refractivity contribution in [1.82, 2.24) is 9.55 Å². The van der Waals surface area contributed by atoms with Gasteiger partial charge >= 0.3 is 0 Å². The van der Waals surface area contributed by atoms with E-state index >= 15 is 0 Å². The van der Waals surface area contributed by atoms with Crippen molar-refractivity contribution in [2.24, 2.45) is 0 Å². The van der Waals surface area contributed by atoms with Gasteiger partial charge in [-0.1, -0.05) is 18.2 Å². The first-order valence-corrected chi connectivity index (χ1v) is 6.95. The highest BCUT2D eigenvalue weighted by Gasteiger charge is 2.07. The summed E-state index contributed by atoms with van der Waals surface area (Å²) in [6, 6.07) is 11.7. The van der Waals surface area contributed by atoms with E-state index in [1.807, 2.05) is 0 Å². The minimum Gasteiger partial charge on any atom is -0.361 e. The number of benzene rings is 2. The Balaban J connectivity index is 1.85. The maximum Gasteiger partial charge on any atom is 0.297 e. The van der Waals surface area contributed by atoms with Gasteiger partial charge in [0.1, 0.15) is 11.6 Å². The van der Waals surface area contributed by atoms with Crippen molar-refractivity contribution < 1.29 is 8.78 Å². The standard InChI is InChI=1S/C17H13F2N3O/c18-13-6-4-12(5-7-13)11-21-16-17(23)22(9-8-20-16)15-3-1-2-14(19)10-15/h1-10H,11H2,(H,20,21). The summed E-state index contributed by atoms with van der Waals surface area (Å²) < 4.78 is 27.5. The maximum atomic E-state index is 13.3. The normalized spacial score (nSPS) is 10.5. The van der Waals surface area contributed by atoms with Crippen molar-refractivity contribution in [3.8, 4) is 5.69 Å². The predicted molar refractivity (Wildman–Crippen MR) is 83.5 cm³/mol. The number of aromatic nitrogens is 2. The lowest BCUT2D eigenvalue weighted by molar-refractivity contribution is 0.626. The van der Waals surface area contributed by atoms with Gasteiger partial charge < -0.3 is 5.32 Å². The fourth-order valence-corrected chi connectivity index (χ4v) is 2.15. The van der Waals surface area contributed by atoms with Crippen LogP contribution in [0.15, 0.2) is 65.7 Å². The molecule has 0 atom stereocenters. The van der Waals surface area contributed by atoms with Gasteiger partial charge in [0.2, 0.25) is 0 Å². The average Bonchev–Trinajstić information content (AvgIpc) is 2.55. The van der Waals surface area contributed by atoms with Crippen LogP contribution in [0.4, 0.5) is 14.6 Å². The Morgan fingerprint density at radius 2 is 1.83 bits per heavy atom. The molecule has 1 aromatic heterocycles. The van der Waals surface area contributed by atoms with Gasteiger partial charge in [0, 0.05) is 18.9 Å². The lowest BCUT2D eigenvalue weighted by atomic mass is 10.2. The lowest BCUT2D eigenvalue weighted by Crippen LogP contribution is -2.23. The summed E-state index contributed by atoms with van der Waals surface area (Å²) in [5.41, 5.74) is 0.844. The summed E-state index contributed by atoms with van der Waals surface area (Å²) in [4.78, 5) is 16.4. The number of anilines is 1. The molecule has 6 heteroatoms. The Bertz CT molecular complexity index is 876. The third kappa shape index (κ3) is 3.42. The fraction of sp³-hybridized carbons (Fsp3) is 0.0588. The molecule has 0 unspecified atom stereocenters. The topological polar surface area (TPSA) is 46.9 Å². The molecule has 4 nitrogen and oxygen atoms in total. The van der Waals surface area contributed by atoms with Crippen LogP contribution in [-0.2, 0) is 6.54 Å². The number of rotatable bonds is 4. The predicted octanol–water partition coefficient (Wildman–Crippen LogP) is 3.12. The van der Waals surface area contributed by atoms with Crippen molar-refractivity contribution in [1.29, 1.82) is 0 Å². The molecule has 116 valence electrons. The molecule has 0 amide bonds. The second-order valence-electron chi connectivity index (χ2n) is 4.91. The van der Waals surface area contributed by atoms with E-state index in [0.29, 0.717) is 12.2 Å². The van der Waals surface area contributed by atoms with Crippen LogP contribution in [0.5, 0.6) is 0 Å². The number of hydrogen-bond donors (Lipinski definition) is 1. The molecule has 3 aromatic rings. The van der Waals surface area contributed by atoms with Gasteiger partial charge in [0.25, 0.3) is 5.56 Å². The van der Waals surface area contributed by atoms with Crippen LogP contribution in [0.25, 0.3) is 5.69 Å². The van der Waals surface area contributed by atoms with E-state index in [9.17, 15) is 13.6 Å². The quantitative estimate of drug-likeness (QED) is 0.805. The fourth-order valence-electron chi connectivity index (χ4n) is 2.15. The Hall–Kier alpha value is -3.02. The molecule has 0 fully saturated rings. The summed E-state index contributed by atoms with van der Waals surface area (Å²) in [5.74, 6) is -0.604. The van der Waals surface area contributed by atoms with Crippen molar-refractivity contribution in [2.45, 2.75) is 6.54 Å². The lowest BCUT2D eigenvalue weighted by Gasteiger charge is -2.09. The maximum absolute atomic E-state index is 13.3. The molecule has 3 rings (SSSR count). The highest BCUT2D eigenvalue weighted by atomic mass is 19.1. The van der Waals surface area contributed by atoms with Crippen LogP contribution in [0.1, 0.15) is 5.56 Å².